The second kappa shape index (κ2) is 8.30. The van der Waals surface area contributed by atoms with Gasteiger partial charge in [0.05, 0.1) is 25.1 Å². The molecule has 0 radical (unpaired) electrons. The van der Waals surface area contributed by atoms with E-state index in [1.165, 1.54) is 7.11 Å². The molecule has 0 aliphatic rings. The van der Waals surface area contributed by atoms with Crippen molar-refractivity contribution < 1.29 is 23.9 Å². The zero-order valence-corrected chi connectivity index (χ0v) is 14.1. The molecule has 1 aromatic rings. The minimum absolute atomic E-state index is 0.0423. The van der Waals surface area contributed by atoms with Gasteiger partial charge in [-0.15, -0.1) is 0 Å². The van der Waals surface area contributed by atoms with Gasteiger partial charge in [-0.2, -0.15) is 5.10 Å². The lowest BCUT2D eigenvalue weighted by molar-refractivity contribution is -0.142. The van der Waals surface area contributed by atoms with Crippen LogP contribution in [0.5, 0.6) is 0 Å². The summed E-state index contributed by atoms with van der Waals surface area (Å²) in [6, 6.07) is -0.0423. The summed E-state index contributed by atoms with van der Waals surface area (Å²) in [6.45, 7) is 7.46. The second-order valence-electron chi connectivity index (χ2n) is 5.03. The van der Waals surface area contributed by atoms with E-state index in [-0.39, 0.29) is 24.0 Å². The van der Waals surface area contributed by atoms with E-state index in [9.17, 15) is 14.4 Å². The van der Waals surface area contributed by atoms with Crippen molar-refractivity contribution in [1.82, 2.24) is 9.78 Å². The van der Waals surface area contributed by atoms with Gasteiger partial charge in [0.1, 0.15) is 6.42 Å². The van der Waals surface area contributed by atoms with E-state index in [1.807, 2.05) is 13.8 Å². The van der Waals surface area contributed by atoms with Crippen LogP contribution in [0, 0.1) is 6.92 Å². The van der Waals surface area contributed by atoms with Gasteiger partial charge in [-0.05, 0) is 27.2 Å². The van der Waals surface area contributed by atoms with E-state index in [0.29, 0.717) is 5.69 Å². The summed E-state index contributed by atoms with van der Waals surface area (Å²) < 4.78 is 11.1. The molecule has 0 bridgehead atoms. The van der Waals surface area contributed by atoms with Gasteiger partial charge in [0.25, 0.3) is 0 Å². The molecule has 1 amide bonds. The van der Waals surface area contributed by atoms with Gasteiger partial charge in [0, 0.05) is 6.04 Å². The average Bonchev–Trinajstić information content (AvgIpc) is 2.83. The van der Waals surface area contributed by atoms with Gasteiger partial charge in [-0.1, -0.05) is 6.92 Å². The van der Waals surface area contributed by atoms with E-state index in [2.05, 4.69) is 15.2 Å². The fourth-order valence-electron chi connectivity index (χ4n) is 1.97. The van der Waals surface area contributed by atoms with Gasteiger partial charge in [0.15, 0.2) is 5.69 Å². The van der Waals surface area contributed by atoms with Crippen LogP contribution in [-0.4, -0.2) is 41.3 Å². The average molecular weight is 325 g/mol. The molecule has 1 heterocycles. The zero-order chi connectivity index (χ0) is 17.6. The Hall–Kier alpha value is -2.38. The number of hydrogen-bond donors (Lipinski definition) is 1. The predicted octanol–water partition coefficient (Wildman–Crippen LogP) is 1.84. The van der Waals surface area contributed by atoms with Gasteiger partial charge >= 0.3 is 11.9 Å². The molecular weight excluding hydrogens is 302 g/mol. The van der Waals surface area contributed by atoms with E-state index in [4.69, 9.17) is 4.74 Å². The first-order chi connectivity index (χ1) is 10.8. The molecule has 1 atom stereocenters. The molecule has 0 fully saturated rings. The van der Waals surface area contributed by atoms with Gasteiger partial charge in [-0.3, -0.25) is 14.3 Å². The lowest BCUT2D eigenvalue weighted by Gasteiger charge is -2.14. The smallest absolute Gasteiger partial charge is 0.358 e. The number of methoxy groups -OCH3 is 1. The minimum Gasteiger partial charge on any atom is -0.469 e. The molecule has 8 heteroatoms. The number of anilines is 1. The number of nitrogens with zero attached hydrogens (tertiary/aromatic N) is 2. The number of aromatic nitrogens is 2. The molecule has 0 aromatic carbocycles. The Morgan fingerprint density at radius 3 is 2.48 bits per heavy atom. The summed E-state index contributed by atoms with van der Waals surface area (Å²) in [5.74, 6) is -1.80. The van der Waals surface area contributed by atoms with Gasteiger partial charge < -0.3 is 14.8 Å². The fourth-order valence-corrected chi connectivity index (χ4v) is 1.97. The molecule has 0 aliphatic heterocycles. The Balaban J connectivity index is 3.19. The molecule has 1 aromatic heterocycles. The quantitative estimate of drug-likeness (QED) is 0.606. The van der Waals surface area contributed by atoms with Crippen molar-refractivity contribution in [1.29, 1.82) is 0 Å². The molecule has 1 N–H and O–H groups in total. The summed E-state index contributed by atoms with van der Waals surface area (Å²) in [4.78, 5) is 35.4. The van der Waals surface area contributed by atoms with E-state index in [1.54, 1.807) is 18.5 Å². The Morgan fingerprint density at radius 1 is 1.30 bits per heavy atom. The van der Waals surface area contributed by atoms with Crippen LogP contribution in [-0.2, 0) is 19.1 Å². The third-order valence-corrected chi connectivity index (χ3v) is 3.36. The van der Waals surface area contributed by atoms with Crippen molar-refractivity contribution in [2.45, 2.75) is 46.6 Å². The van der Waals surface area contributed by atoms with Crippen LogP contribution in [0.3, 0.4) is 0 Å². The SMILES string of the molecule is CCOC(=O)c1c(NC(=O)CC(=O)OC)c(C)nn1C(C)CC. The number of hydrogen-bond acceptors (Lipinski definition) is 6. The molecule has 23 heavy (non-hydrogen) atoms. The molecule has 128 valence electrons. The maximum Gasteiger partial charge on any atom is 0.358 e. The predicted molar refractivity (Wildman–Crippen MR) is 83.2 cm³/mol. The van der Waals surface area contributed by atoms with Crippen molar-refractivity contribution >= 4 is 23.5 Å². The maximum absolute atomic E-state index is 12.3. The van der Waals surface area contributed by atoms with E-state index >= 15 is 0 Å². The standard InChI is InChI=1S/C15H23N3O5/c1-6-9(3)18-14(15(21)23-7-2)13(10(4)17-18)16-11(19)8-12(20)22-5/h9H,6-8H2,1-5H3,(H,16,19). The van der Waals surface area contributed by atoms with E-state index in [0.717, 1.165) is 6.42 Å². The summed E-state index contributed by atoms with van der Waals surface area (Å²) >= 11 is 0. The normalized spacial score (nSPS) is 11.7. The Labute approximate surface area is 135 Å². The lowest BCUT2D eigenvalue weighted by atomic mass is 10.2. The Morgan fingerprint density at radius 2 is 1.96 bits per heavy atom. The third kappa shape index (κ3) is 4.54. The molecule has 1 unspecified atom stereocenters. The lowest BCUT2D eigenvalue weighted by Crippen LogP contribution is -2.21. The number of nitrogens with one attached hydrogen (secondary N) is 1. The summed E-state index contributed by atoms with van der Waals surface area (Å²) in [7, 11) is 1.20. The Bertz CT molecular complexity index is 594. The number of esters is 2. The number of carbonyl (C=O) groups is 3. The summed E-state index contributed by atoms with van der Waals surface area (Å²) in [5.41, 5.74) is 0.918. The first kappa shape index (κ1) is 18.7. The Kier molecular flexibility index (Phi) is 6.74. The molecular formula is C15H23N3O5. The highest BCUT2D eigenvalue weighted by atomic mass is 16.5. The summed E-state index contributed by atoms with van der Waals surface area (Å²) in [6.07, 6.45) is 0.315. The van der Waals surface area contributed by atoms with Gasteiger partial charge in [0.2, 0.25) is 5.91 Å². The van der Waals surface area contributed by atoms with Crippen molar-refractivity contribution in [3.8, 4) is 0 Å². The molecule has 0 aliphatic carbocycles. The number of rotatable bonds is 7. The third-order valence-electron chi connectivity index (χ3n) is 3.36. The molecule has 0 saturated carbocycles. The van der Waals surface area contributed by atoms with Crippen molar-refractivity contribution in [2.24, 2.45) is 0 Å². The van der Waals surface area contributed by atoms with Crippen LogP contribution in [0.25, 0.3) is 0 Å². The molecule has 0 spiro atoms. The first-order valence-electron chi connectivity index (χ1n) is 7.48. The van der Waals surface area contributed by atoms with Crippen LogP contribution in [0.1, 0.15) is 55.8 Å². The molecule has 1 rings (SSSR count). The largest absolute Gasteiger partial charge is 0.469 e. The minimum atomic E-state index is -0.660. The van der Waals surface area contributed by atoms with Crippen molar-refractivity contribution in [2.75, 3.05) is 19.0 Å². The van der Waals surface area contributed by atoms with Crippen molar-refractivity contribution in [3.05, 3.63) is 11.4 Å². The van der Waals surface area contributed by atoms with Crippen LogP contribution >= 0.6 is 0 Å². The second-order valence-corrected chi connectivity index (χ2v) is 5.03. The monoisotopic (exact) mass is 325 g/mol. The van der Waals surface area contributed by atoms with Gasteiger partial charge in [-0.25, -0.2) is 4.79 Å². The van der Waals surface area contributed by atoms with Crippen molar-refractivity contribution in [3.63, 3.8) is 0 Å². The highest BCUT2D eigenvalue weighted by Crippen LogP contribution is 2.26. The number of aryl methyl sites for hydroxylation is 1. The van der Waals surface area contributed by atoms with Crippen LogP contribution in [0.15, 0.2) is 0 Å². The van der Waals surface area contributed by atoms with E-state index < -0.39 is 24.3 Å². The fraction of sp³-hybridized carbons (Fsp3) is 0.600. The highest BCUT2D eigenvalue weighted by Gasteiger charge is 2.26. The molecule has 8 nitrogen and oxygen atoms in total. The summed E-state index contributed by atoms with van der Waals surface area (Å²) in [5, 5.41) is 6.88. The first-order valence-corrected chi connectivity index (χ1v) is 7.48. The number of carbonyl (C=O) groups excluding carboxylic acids is 3. The number of ether oxygens (including phenoxy) is 2. The van der Waals surface area contributed by atoms with Crippen LogP contribution < -0.4 is 5.32 Å². The topological polar surface area (TPSA) is 99.5 Å². The zero-order valence-electron chi connectivity index (χ0n) is 14.1. The molecule has 0 saturated heterocycles. The van der Waals surface area contributed by atoms with Crippen LogP contribution in [0.2, 0.25) is 0 Å². The van der Waals surface area contributed by atoms with Crippen LogP contribution in [0.4, 0.5) is 5.69 Å². The maximum atomic E-state index is 12.3. The highest BCUT2D eigenvalue weighted by molar-refractivity contribution is 6.05. The number of amides is 1.